The van der Waals surface area contributed by atoms with Gasteiger partial charge in [-0.3, -0.25) is 24.1 Å². The monoisotopic (exact) mass is 1620 g/mol. The highest BCUT2D eigenvalue weighted by atomic mass is 79.9. The second kappa shape index (κ2) is 38.6. The second-order valence-electron chi connectivity index (χ2n) is 22.7. The summed E-state index contributed by atoms with van der Waals surface area (Å²) < 4.78 is 8.10. The Labute approximate surface area is 618 Å². The molecular formula is C72H75Br4N19O6. The lowest BCUT2D eigenvalue weighted by Gasteiger charge is -2.26. The van der Waals surface area contributed by atoms with E-state index >= 15 is 0 Å². The van der Waals surface area contributed by atoms with Gasteiger partial charge in [0.05, 0.1) is 35.5 Å². The van der Waals surface area contributed by atoms with Gasteiger partial charge in [0.25, 0.3) is 0 Å². The van der Waals surface area contributed by atoms with Crippen molar-refractivity contribution in [2.45, 2.75) is 25.8 Å². The highest BCUT2D eigenvalue weighted by Gasteiger charge is 2.21. The van der Waals surface area contributed by atoms with Crippen molar-refractivity contribution in [1.29, 1.82) is 0 Å². The SMILES string of the molecule is Nc1ncc(Br)cc1C(=O)c1cccc(NCCCN2CCCC2)n1.Nc1ncc(Br)cc1C(=O)c1cccc(NCCN2CCOCC2)n1.Nc1ncc(Br)cc1C(=O)c1cccc(NCCNc2ccccc2)n1.Nc1ncc(Br)cc1C(=O)c1cccc(NCc2ccccc2O)n1. The second-order valence-corrected chi connectivity index (χ2v) is 26.4. The number of benzene rings is 2. The van der Waals surface area contributed by atoms with E-state index in [-0.39, 0.29) is 57.8 Å². The molecule has 0 aliphatic carbocycles. The number of morpholine rings is 1. The molecule has 2 aliphatic rings. The molecule has 0 unspecified atom stereocenters. The molecule has 2 fully saturated rings. The molecule has 12 rings (SSSR count). The third-order valence-electron chi connectivity index (χ3n) is 15.4. The van der Waals surface area contributed by atoms with Gasteiger partial charge in [-0.15, -0.1) is 0 Å². The maximum absolute atomic E-state index is 12.6. The number of phenolic OH excluding ortho intramolecular Hbond substituents is 1. The molecule has 14 N–H and O–H groups in total. The lowest BCUT2D eigenvalue weighted by molar-refractivity contribution is 0.0398. The summed E-state index contributed by atoms with van der Waals surface area (Å²) in [6, 6.07) is 44.7. The van der Waals surface area contributed by atoms with Crippen LogP contribution in [0.15, 0.2) is 194 Å². The number of nitrogens with one attached hydrogen (secondary N) is 5. The van der Waals surface area contributed by atoms with Crippen molar-refractivity contribution in [3.05, 3.63) is 245 Å². The van der Waals surface area contributed by atoms with E-state index in [9.17, 15) is 24.3 Å². The van der Waals surface area contributed by atoms with Gasteiger partial charge >= 0.3 is 0 Å². The standard InChI is InChI=1S/C19H18BrN5O.C18H22BrN5O.C18H15BrN4O2.C17H20BrN5O2/c20-13-11-15(19(21)24-12-13)18(26)16-7-4-8-17(25-16)23-10-9-22-14-5-2-1-3-6-14;19-13-11-14(18(20)22-12-13)17(25)15-5-3-6-16(23-15)21-7-4-10-24-8-1-2-9-24;19-12-8-13(18(20)22-10-12)17(25)14-5-3-7-16(23-14)21-9-11-4-1-2-6-15(11)24;18-12-10-13(17(19)21-11-12)16(24)14-2-1-3-15(22-14)20-4-5-23-6-8-25-9-7-23/h1-8,11-12,22H,9-10H2,(H2,21,24)(H,23,25);3,5-6,11-12H,1-2,4,7-10H2,(H2,20,22)(H,21,23);1-8,10,24H,9H2,(H2,20,22)(H,21,23);1-3,10-11H,4-9H2,(H2,19,21)(H,20,22). The Morgan fingerprint density at radius 3 is 1.21 bits per heavy atom. The molecule has 101 heavy (non-hydrogen) atoms. The molecule has 2 saturated heterocycles. The molecular weight excluding hydrogens is 1550 g/mol. The molecule has 0 spiro atoms. The van der Waals surface area contributed by atoms with Gasteiger partial charge in [0.1, 0.15) is 75.1 Å². The number of halogens is 4. The van der Waals surface area contributed by atoms with Gasteiger partial charge in [0, 0.05) is 106 Å². The number of ether oxygens (including phenoxy) is 1. The minimum Gasteiger partial charge on any atom is -0.508 e. The van der Waals surface area contributed by atoms with Gasteiger partial charge in [-0.1, -0.05) is 60.7 Å². The number of hydrogen-bond acceptors (Lipinski definition) is 25. The van der Waals surface area contributed by atoms with Crippen molar-refractivity contribution in [3.63, 3.8) is 0 Å². The number of anilines is 9. The Balaban J connectivity index is 0.000000157. The normalized spacial score (nSPS) is 12.6. The molecule has 0 saturated carbocycles. The summed E-state index contributed by atoms with van der Waals surface area (Å²) in [6.45, 7) is 11.3. The number of pyridine rings is 8. The van der Waals surface area contributed by atoms with E-state index < -0.39 is 0 Å². The van der Waals surface area contributed by atoms with Crippen molar-refractivity contribution in [2.75, 3.05) is 128 Å². The molecule has 0 amide bonds. The minimum absolute atomic E-state index is 0.155. The van der Waals surface area contributed by atoms with Crippen LogP contribution in [0.5, 0.6) is 5.75 Å². The molecule has 25 nitrogen and oxygen atoms in total. The van der Waals surface area contributed by atoms with Crippen LogP contribution >= 0.6 is 63.7 Å². The number of rotatable bonds is 25. The lowest BCUT2D eigenvalue weighted by atomic mass is 10.1. The Morgan fingerprint density at radius 2 is 0.782 bits per heavy atom. The first-order chi connectivity index (χ1) is 48.9. The third-order valence-corrected chi connectivity index (χ3v) is 17.2. The smallest absolute Gasteiger partial charge is 0.215 e. The molecule has 522 valence electrons. The van der Waals surface area contributed by atoms with Crippen LogP contribution in [0.25, 0.3) is 0 Å². The maximum Gasteiger partial charge on any atom is 0.215 e. The molecule has 10 heterocycles. The van der Waals surface area contributed by atoms with Crippen LogP contribution in [0.2, 0.25) is 0 Å². The van der Waals surface area contributed by atoms with Crippen LogP contribution in [0, 0.1) is 0 Å². The van der Waals surface area contributed by atoms with Gasteiger partial charge in [-0.05, 0) is 194 Å². The molecule has 0 atom stereocenters. The maximum atomic E-state index is 12.6. The topological polar surface area (TPSA) is 372 Å². The average molecular weight is 1620 g/mol. The number of nitrogens with two attached hydrogens (primary N) is 4. The number of nitrogens with zero attached hydrogens (tertiary/aromatic N) is 10. The van der Waals surface area contributed by atoms with E-state index in [0.717, 1.165) is 76.7 Å². The summed E-state index contributed by atoms with van der Waals surface area (Å²) in [5, 5.41) is 26.0. The number of para-hydroxylation sites is 2. The quantitative estimate of drug-likeness (QED) is 0.0188. The number of aromatic nitrogens is 8. The van der Waals surface area contributed by atoms with Gasteiger partial charge in [-0.2, -0.15) is 0 Å². The fraction of sp³-hybridized carbons (Fsp3) is 0.222. The first-order valence-electron chi connectivity index (χ1n) is 32.2. The van der Waals surface area contributed by atoms with Crippen LogP contribution < -0.4 is 49.5 Å². The zero-order chi connectivity index (χ0) is 71.5. The Morgan fingerprint density at radius 1 is 0.416 bits per heavy atom. The average Bonchev–Trinajstić information content (AvgIpc) is 1.58. The predicted molar refractivity (Wildman–Crippen MR) is 409 cm³/mol. The number of ketones is 4. The van der Waals surface area contributed by atoms with E-state index in [2.05, 4.69) is 140 Å². The summed E-state index contributed by atoms with van der Waals surface area (Å²) in [6.07, 6.45) is 9.89. The number of aromatic hydroxyl groups is 1. The summed E-state index contributed by atoms with van der Waals surface area (Å²) in [7, 11) is 0. The number of likely N-dealkylation sites (tertiary alicyclic amines) is 1. The van der Waals surface area contributed by atoms with Gasteiger partial charge in [0.2, 0.25) is 23.1 Å². The first kappa shape index (κ1) is 75.3. The van der Waals surface area contributed by atoms with E-state index in [4.69, 9.17) is 27.7 Å². The molecule has 8 aromatic heterocycles. The number of carbonyl (C=O) groups is 4. The summed E-state index contributed by atoms with van der Waals surface area (Å²) in [5.74, 6) is 2.43. The van der Waals surface area contributed by atoms with Crippen molar-refractivity contribution < 1.29 is 29.0 Å². The highest BCUT2D eigenvalue weighted by molar-refractivity contribution is 9.11. The summed E-state index contributed by atoms with van der Waals surface area (Å²) in [4.78, 5) is 88.9. The van der Waals surface area contributed by atoms with E-state index in [1.54, 1.807) is 104 Å². The first-order valence-corrected chi connectivity index (χ1v) is 35.4. The van der Waals surface area contributed by atoms with Crippen LogP contribution in [0.4, 0.5) is 52.2 Å². The molecule has 2 aliphatic heterocycles. The van der Waals surface area contributed by atoms with Crippen LogP contribution in [0.1, 0.15) is 89.0 Å². The zero-order valence-electron chi connectivity index (χ0n) is 54.8. The van der Waals surface area contributed by atoms with Crippen LogP contribution in [-0.2, 0) is 11.3 Å². The molecule has 2 aromatic carbocycles. The highest BCUT2D eigenvalue weighted by Crippen LogP contribution is 2.25. The van der Waals surface area contributed by atoms with Crippen molar-refractivity contribution in [1.82, 2.24) is 49.7 Å². The summed E-state index contributed by atoms with van der Waals surface area (Å²) >= 11 is 13.2. The van der Waals surface area contributed by atoms with E-state index in [0.29, 0.717) is 93.6 Å². The Hall–Kier alpha value is -9.88. The van der Waals surface area contributed by atoms with E-state index in [1.807, 2.05) is 66.7 Å². The predicted octanol–water partition coefficient (Wildman–Crippen LogP) is 11.7. The van der Waals surface area contributed by atoms with Gasteiger partial charge in [-0.25, -0.2) is 39.9 Å². The zero-order valence-corrected chi connectivity index (χ0v) is 61.2. The van der Waals surface area contributed by atoms with Crippen LogP contribution in [0.3, 0.4) is 0 Å². The Bertz CT molecular complexity index is 4440. The number of nitrogen functional groups attached to an aromatic ring is 4. The third kappa shape index (κ3) is 23.3. The number of hydrogen-bond donors (Lipinski definition) is 10. The molecule has 0 radical (unpaired) electrons. The van der Waals surface area contributed by atoms with Crippen molar-refractivity contribution >= 4 is 139 Å². The van der Waals surface area contributed by atoms with Crippen molar-refractivity contribution in [3.8, 4) is 5.75 Å². The fourth-order valence-corrected chi connectivity index (χ4v) is 11.5. The molecule has 10 aromatic rings. The number of carbonyl (C=O) groups excluding carboxylic acids is 4. The van der Waals surface area contributed by atoms with E-state index in [1.165, 1.54) is 32.1 Å². The number of phenols is 1. The van der Waals surface area contributed by atoms with Gasteiger partial charge < -0.3 is 64.3 Å². The largest absolute Gasteiger partial charge is 0.508 e. The lowest BCUT2D eigenvalue weighted by Crippen LogP contribution is -2.39. The van der Waals surface area contributed by atoms with Gasteiger partial charge in [0.15, 0.2) is 0 Å². The minimum atomic E-state index is -0.308. The summed E-state index contributed by atoms with van der Waals surface area (Å²) in [5.41, 5.74) is 27.6. The molecule has 29 heteroatoms. The fourth-order valence-electron chi connectivity index (χ4n) is 10.2. The van der Waals surface area contributed by atoms with Crippen LogP contribution in [-0.4, -0.2) is 157 Å². The Kier molecular flexibility index (Phi) is 28.8. The molecule has 0 bridgehead atoms. The van der Waals surface area contributed by atoms with Crippen molar-refractivity contribution in [2.24, 2.45) is 0 Å².